The predicted octanol–water partition coefficient (Wildman–Crippen LogP) is 5.45. The summed E-state index contributed by atoms with van der Waals surface area (Å²) in [6.45, 7) is 9.06. The standard InChI is InChI=1S/C28H28ClFN2O5S/c1-6-37-18-12-15-23-20(16-18)28(5,24-21(29)8-7-9-22(24)30)26(34)32(23)38(35,36)19-13-10-17(11-14-19)25(33)31-27(2,3)4/h7-16H,6H2,1-5H3,(H,31,33). The highest BCUT2D eigenvalue weighted by molar-refractivity contribution is 7.93. The first kappa shape index (κ1) is 27.6. The molecule has 0 saturated heterocycles. The van der Waals surface area contributed by atoms with Crippen LogP contribution in [0, 0.1) is 5.82 Å². The van der Waals surface area contributed by atoms with Crippen LogP contribution in [0.15, 0.2) is 65.6 Å². The third-order valence-corrected chi connectivity index (χ3v) is 8.28. The van der Waals surface area contributed by atoms with Gasteiger partial charge in [0.15, 0.2) is 0 Å². The summed E-state index contributed by atoms with van der Waals surface area (Å²) in [5.41, 5.74) is -1.80. The number of anilines is 1. The van der Waals surface area contributed by atoms with Crippen LogP contribution >= 0.6 is 11.6 Å². The molecule has 200 valence electrons. The fraction of sp³-hybridized carbons (Fsp3) is 0.286. The number of hydrogen-bond donors (Lipinski definition) is 1. The van der Waals surface area contributed by atoms with Gasteiger partial charge in [-0.25, -0.2) is 17.1 Å². The van der Waals surface area contributed by atoms with Crippen LogP contribution in [0.5, 0.6) is 5.75 Å². The van der Waals surface area contributed by atoms with Gasteiger partial charge in [0.25, 0.3) is 21.8 Å². The third kappa shape index (κ3) is 4.65. The van der Waals surface area contributed by atoms with Crippen LogP contribution in [0.4, 0.5) is 10.1 Å². The fourth-order valence-corrected chi connectivity index (χ4v) is 6.39. The molecule has 4 rings (SSSR count). The van der Waals surface area contributed by atoms with Crippen LogP contribution in [0.25, 0.3) is 0 Å². The second-order valence-electron chi connectivity index (χ2n) is 10.1. The number of halogens is 2. The molecule has 0 radical (unpaired) electrons. The first-order chi connectivity index (χ1) is 17.7. The van der Waals surface area contributed by atoms with Gasteiger partial charge in [-0.2, -0.15) is 0 Å². The molecule has 3 aromatic rings. The van der Waals surface area contributed by atoms with E-state index in [1.165, 1.54) is 61.5 Å². The van der Waals surface area contributed by atoms with Crippen LogP contribution in [0.1, 0.15) is 56.1 Å². The van der Waals surface area contributed by atoms with E-state index in [0.29, 0.717) is 16.7 Å². The zero-order valence-corrected chi connectivity index (χ0v) is 23.2. The monoisotopic (exact) mass is 558 g/mol. The van der Waals surface area contributed by atoms with E-state index in [-0.39, 0.29) is 38.2 Å². The Balaban J connectivity index is 1.85. The number of benzene rings is 3. The minimum Gasteiger partial charge on any atom is -0.494 e. The van der Waals surface area contributed by atoms with Gasteiger partial charge in [0.05, 0.1) is 17.2 Å². The Morgan fingerprint density at radius 1 is 1.11 bits per heavy atom. The van der Waals surface area contributed by atoms with Crippen molar-refractivity contribution in [1.29, 1.82) is 0 Å². The van der Waals surface area contributed by atoms with Crippen molar-refractivity contribution in [2.24, 2.45) is 0 Å². The number of sulfonamides is 1. The van der Waals surface area contributed by atoms with Gasteiger partial charge in [0, 0.05) is 27.3 Å². The number of amides is 2. The van der Waals surface area contributed by atoms with Crippen molar-refractivity contribution in [2.45, 2.75) is 50.5 Å². The molecule has 7 nitrogen and oxygen atoms in total. The highest BCUT2D eigenvalue weighted by Crippen LogP contribution is 2.51. The minimum atomic E-state index is -4.46. The molecule has 1 aliphatic rings. The number of rotatable bonds is 6. The van der Waals surface area contributed by atoms with Crippen molar-refractivity contribution >= 4 is 39.1 Å². The van der Waals surface area contributed by atoms with Crippen LogP contribution in [-0.2, 0) is 20.2 Å². The molecule has 0 aromatic heterocycles. The fourth-order valence-electron chi connectivity index (χ4n) is 4.53. The van der Waals surface area contributed by atoms with Crippen molar-refractivity contribution < 1.29 is 27.1 Å². The number of ether oxygens (including phenoxy) is 1. The van der Waals surface area contributed by atoms with Gasteiger partial charge in [-0.1, -0.05) is 17.7 Å². The van der Waals surface area contributed by atoms with Crippen LogP contribution in [-0.4, -0.2) is 32.4 Å². The Morgan fingerprint density at radius 3 is 2.34 bits per heavy atom. The molecule has 0 fully saturated rings. The van der Waals surface area contributed by atoms with E-state index < -0.39 is 32.7 Å². The molecule has 2 amide bonds. The molecular weight excluding hydrogens is 531 g/mol. The summed E-state index contributed by atoms with van der Waals surface area (Å²) in [6.07, 6.45) is 0. The van der Waals surface area contributed by atoms with Gasteiger partial charge in [0.1, 0.15) is 17.0 Å². The van der Waals surface area contributed by atoms with Crippen molar-refractivity contribution in [3.8, 4) is 5.75 Å². The van der Waals surface area contributed by atoms with Crippen LogP contribution in [0.3, 0.4) is 0 Å². The predicted molar refractivity (Wildman–Crippen MR) is 144 cm³/mol. The molecule has 3 aromatic carbocycles. The number of nitrogens with zero attached hydrogens (tertiary/aromatic N) is 1. The molecule has 0 saturated carbocycles. The molecule has 0 bridgehead atoms. The van der Waals surface area contributed by atoms with Crippen molar-refractivity contribution in [3.63, 3.8) is 0 Å². The van der Waals surface area contributed by atoms with Gasteiger partial charge < -0.3 is 10.1 Å². The summed E-state index contributed by atoms with van der Waals surface area (Å²) in [7, 11) is -4.46. The molecule has 1 atom stereocenters. The van der Waals surface area contributed by atoms with E-state index in [9.17, 15) is 18.0 Å². The van der Waals surface area contributed by atoms with Crippen molar-refractivity contribution in [2.75, 3.05) is 10.9 Å². The van der Waals surface area contributed by atoms with Crippen LogP contribution in [0.2, 0.25) is 5.02 Å². The number of carbonyl (C=O) groups excluding carboxylic acids is 2. The Morgan fingerprint density at radius 2 is 1.76 bits per heavy atom. The maximum absolute atomic E-state index is 15.2. The molecular formula is C28H28ClFN2O5S. The minimum absolute atomic E-state index is 0.0120. The topological polar surface area (TPSA) is 92.8 Å². The molecule has 10 heteroatoms. The van der Waals surface area contributed by atoms with Crippen molar-refractivity contribution in [1.82, 2.24) is 5.32 Å². The third-order valence-electron chi connectivity index (χ3n) is 6.25. The summed E-state index contributed by atoms with van der Waals surface area (Å²) in [6, 6.07) is 13.9. The lowest BCUT2D eigenvalue weighted by Gasteiger charge is -2.26. The van der Waals surface area contributed by atoms with Crippen molar-refractivity contribution in [3.05, 3.63) is 88.2 Å². The SMILES string of the molecule is CCOc1ccc2c(c1)C(C)(c1c(F)cccc1Cl)C(=O)N2S(=O)(=O)c1ccc(C(=O)NC(C)(C)C)cc1. The average molecular weight is 559 g/mol. The van der Waals surface area contributed by atoms with Gasteiger partial charge in [0.2, 0.25) is 0 Å². The lowest BCUT2D eigenvalue weighted by atomic mass is 9.77. The Kier molecular flexibility index (Phi) is 7.05. The lowest BCUT2D eigenvalue weighted by molar-refractivity contribution is -0.120. The highest BCUT2D eigenvalue weighted by atomic mass is 35.5. The zero-order chi connectivity index (χ0) is 28.0. The number of carbonyl (C=O) groups is 2. The first-order valence-corrected chi connectivity index (χ1v) is 13.8. The summed E-state index contributed by atoms with van der Waals surface area (Å²) in [5.74, 6) is -1.60. The smallest absolute Gasteiger partial charge is 0.270 e. The number of fused-ring (bicyclic) bond motifs is 1. The van der Waals surface area contributed by atoms with E-state index in [0.717, 1.165) is 0 Å². The Labute approximate surface area is 226 Å². The largest absolute Gasteiger partial charge is 0.494 e. The summed E-state index contributed by atoms with van der Waals surface area (Å²) in [5, 5.41) is 2.80. The lowest BCUT2D eigenvalue weighted by Crippen LogP contribution is -2.43. The quantitative estimate of drug-likeness (QED) is 0.434. The molecule has 1 N–H and O–H groups in total. The Bertz CT molecular complexity index is 1510. The second-order valence-corrected chi connectivity index (χ2v) is 12.3. The van der Waals surface area contributed by atoms with Crippen LogP contribution < -0.4 is 14.4 Å². The van der Waals surface area contributed by atoms with Gasteiger partial charge in [-0.15, -0.1) is 0 Å². The van der Waals surface area contributed by atoms with E-state index in [4.69, 9.17) is 16.3 Å². The summed E-state index contributed by atoms with van der Waals surface area (Å²) >= 11 is 6.37. The average Bonchev–Trinajstić information content (AvgIpc) is 3.05. The molecule has 0 aliphatic carbocycles. The number of nitrogens with one attached hydrogen (secondary N) is 1. The molecule has 1 aliphatic heterocycles. The summed E-state index contributed by atoms with van der Waals surface area (Å²) in [4.78, 5) is 26.3. The molecule has 1 unspecified atom stereocenters. The van der Waals surface area contributed by atoms with Gasteiger partial charge >= 0.3 is 0 Å². The van der Waals surface area contributed by atoms with Gasteiger partial charge in [-0.05, 0) is 89.2 Å². The van der Waals surface area contributed by atoms with E-state index >= 15 is 4.39 Å². The maximum Gasteiger partial charge on any atom is 0.270 e. The van der Waals surface area contributed by atoms with E-state index in [1.807, 2.05) is 20.8 Å². The highest BCUT2D eigenvalue weighted by Gasteiger charge is 2.55. The summed E-state index contributed by atoms with van der Waals surface area (Å²) < 4.78 is 49.2. The normalized spacial score (nSPS) is 17.3. The van der Waals surface area contributed by atoms with E-state index in [1.54, 1.807) is 13.0 Å². The molecule has 1 heterocycles. The van der Waals surface area contributed by atoms with Gasteiger partial charge in [-0.3, -0.25) is 9.59 Å². The van der Waals surface area contributed by atoms with E-state index in [2.05, 4.69) is 5.32 Å². The first-order valence-electron chi connectivity index (χ1n) is 12.0. The maximum atomic E-state index is 15.2. The molecule has 38 heavy (non-hydrogen) atoms. The zero-order valence-electron chi connectivity index (χ0n) is 21.6. The molecule has 0 spiro atoms. The number of hydrogen-bond acceptors (Lipinski definition) is 5. The Hall–Kier alpha value is -3.43. The second kappa shape index (κ2) is 9.71.